The summed E-state index contributed by atoms with van der Waals surface area (Å²) < 4.78 is 5.35. The zero-order valence-electron chi connectivity index (χ0n) is 9.07. The van der Waals surface area contributed by atoms with Crippen molar-refractivity contribution in [2.75, 3.05) is 7.11 Å². The molecule has 0 aromatic heterocycles. The third-order valence-electron chi connectivity index (χ3n) is 2.53. The van der Waals surface area contributed by atoms with E-state index in [-0.39, 0.29) is 12.3 Å². The molecule has 0 aliphatic rings. The predicted octanol–water partition coefficient (Wildman–Crippen LogP) is 1.88. The summed E-state index contributed by atoms with van der Waals surface area (Å²) in [6.45, 7) is 0. The number of amides is 1. The van der Waals surface area contributed by atoms with Gasteiger partial charge in [0.05, 0.1) is 13.5 Å². The highest BCUT2D eigenvalue weighted by molar-refractivity contribution is 5.91. The number of methoxy groups -OCH3 is 1. The highest BCUT2D eigenvalue weighted by Crippen LogP contribution is 2.29. The van der Waals surface area contributed by atoms with Gasteiger partial charge in [0.15, 0.2) is 0 Å². The summed E-state index contributed by atoms with van der Waals surface area (Å²) in [6, 6.07) is 11.7. The molecule has 0 radical (unpaired) electrons. The minimum atomic E-state index is -0.353. The third-order valence-corrected chi connectivity index (χ3v) is 2.53. The SMILES string of the molecule is COc1c(CC(N)=O)ccc2ccccc12. The molecule has 2 N–H and O–H groups in total. The first-order valence-corrected chi connectivity index (χ1v) is 5.05. The summed E-state index contributed by atoms with van der Waals surface area (Å²) in [5, 5.41) is 2.09. The summed E-state index contributed by atoms with van der Waals surface area (Å²) in [6.07, 6.45) is 0.202. The van der Waals surface area contributed by atoms with Crippen LogP contribution in [0.25, 0.3) is 10.8 Å². The van der Waals surface area contributed by atoms with Crippen molar-refractivity contribution in [1.82, 2.24) is 0 Å². The smallest absolute Gasteiger partial charge is 0.221 e. The molecule has 0 atom stereocenters. The third kappa shape index (κ3) is 1.84. The summed E-state index contributed by atoms with van der Waals surface area (Å²) in [4.78, 5) is 10.9. The Morgan fingerprint density at radius 2 is 2.00 bits per heavy atom. The van der Waals surface area contributed by atoms with Crippen molar-refractivity contribution < 1.29 is 9.53 Å². The molecule has 0 saturated heterocycles. The number of benzene rings is 2. The quantitative estimate of drug-likeness (QED) is 0.849. The first-order chi connectivity index (χ1) is 7.72. The van der Waals surface area contributed by atoms with E-state index in [1.165, 1.54) is 0 Å². The number of carbonyl (C=O) groups is 1. The first kappa shape index (κ1) is 10.5. The molecule has 0 saturated carbocycles. The number of nitrogens with two attached hydrogens (primary N) is 1. The Kier molecular flexibility index (Phi) is 2.77. The van der Waals surface area contributed by atoms with Gasteiger partial charge in [-0.1, -0.05) is 36.4 Å². The topological polar surface area (TPSA) is 52.3 Å². The summed E-state index contributed by atoms with van der Waals surface area (Å²) >= 11 is 0. The molecule has 3 nitrogen and oxygen atoms in total. The standard InChI is InChI=1S/C13H13NO2/c1-16-13-10(8-12(14)15)7-6-9-4-2-3-5-11(9)13/h2-7H,8H2,1H3,(H2,14,15). The molecule has 2 rings (SSSR count). The Balaban J connectivity index is 2.63. The number of ether oxygens (including phenoxy) is 1. The summed E-state index contributed by atoms with van der Waals surface area (Å²) in [5.41, 5.74) is 6.03. The Morgan fingerprint density at radius 3 is 2.69 bits per heavy atom. The summed E-state index contributed by atoms with van der Waals surface area (Å²) in [5.74, 6) is 0.380. The van der Waals surface area contributed by atoms with Crippen LogP contribution in [0.5, 0.6) is 5.75 Å². The highest BCUT2D eigenvalue weighted by atomic mass is 16.5. The summed E-state index contributed by atoms with van der Waals surface area (Å²) in [7, 11) is 1.60. The molecule has 0 aliphatic carbocycles. The lowest BCUT2D eigenvalue weighted by atomic mass is 10.0. The van der Waals surface area contributed by atoms with Gasteiger partial charge in [0.2, 0.25) is 5.91 Å². The van der Waals surface area contributed by atoms with Crippen molar-refractivity contribution in [2.24, 2.45) is 5.73 Å². The van der Waals surface area contributed by atoms with Gasteiger partial charge in [-0.05, 0) is 5.39 Å². The van der Waals surface area contributed by atoms with Crippen LogP contribution in [0.4, 0.5) is 0 Å². The molecule has 0 fully saturated rings. The van der Waals surface area contributed by atoms with E-state index in [2.05, 4.69) is 0 Å². The van der Waals surface area contributed by atoms with E-state index < -0.39 is 0 Å². The Morgan fingerprint density at radius 1 is 1.25 bits per heavy atom. The second-order valence-electron chi connectivity index (χ2n) is 3.62. The van der Waals surface area contributed by atoms with Crippen molar-refractivity contribution in [3.05, 3.63) is 42.0 Å². The molecule has 0 bridgehead atoms. The van der Waals surface area contributed by atoms with Gasteiger partial charge in [0.25, 0.3) is 0 Å². The Bertz CT molecular complexity index is 534. The van der Waals surface area contributed by atoms with Crippen LogP contribution in [0.1, 0.15) is 5.56 Å². The predicted molar refractivity (Wildman–Crippen MR) is 63.4 cm³/mol. The van der Waals surface area contributed by atoms with Gasteiger partial charge in [-0.3, -0.25) is 4.79 Å². The molecule has 0 unspecified atom stereocenters. The second kappa shape index (κ2) is 4.23. The average molecular weight is 215 g/mol. The van der Waals surface area contributed by atoms with Crippen LogP contribution in [0.2, 0.25) is 0 Å². The maximum Gasteiger partial charge on any atom is 0.221 e. The molecule has 1 amide bonds. The van der Waals surface area contributed by atoms with Crippen LogP contribution in [-0.2, 0) is 11.2 Å². The Hall–Kier alpha value is -2.03. The van der Waals surface area contributed by atoms with E-state index in [0.717, 1.165) is 22.1 Å². The van der Waals surface area contributed by atoms with Crippen molar-refractivity contribution in [3.8, 4) is 5.75 Å². The van der Waals surface area contributed by atoms with E-state index in [1.807, 2.05) is 36.4 Å². The number of fused-ring (bicyclic) bond motifs is 1. The highest BCUT2D eigenvalue weighted by Gasteiger charge is 2.09. The molecular weight excluding hydrogens is 202 g/mol. The van der Waals surface area contributed by atoms with E-state index in [9.17, 15) is 4.79 Å². The van der Waals surface area contributed by atoms with E-state index in [0.29, 0.717) is 0 Å². The maximum absolute atomic E-state index is 10.9. The minimum Gasteiger partial charge on any atom is -0.496 e. The number of primary amides is 1. The van der Waals surface area contributed by atoms with Crippen LogP contribution in [0, 0.1) is 0 Å². The van der Waals surface area contributed by atoms with E-state index in [1.54, 1.807) is 7.11 Å². The molecule has 2 aromatic rings. The molecule has 3 heteroatoms. The van der Waals surface area contributed by atoms with Crippen molar-refractivity contribution in [3.63, 3.8) is 0 Å². The fraction of sp³-hybridized carbons (Fsp3) is 0.154. The van der Waals surface area contributed by atoms with Gasteiger partial charge < -0.3 is 10.5 Å². The lowest BCUT2D eigenvalue weighted by Gasteiger charge is -2.10. The monoisotopic (exact) mass is 215 g/mol. The van der Waals surface area contributed by atoms with Crippen molar-refractivity contribution >= 4 is 16.7 Å². The van der Waals surface area contributed by atoms with Gasteiger partial charge in [0, 0.05) is 10.9 Å². The zero-order chi connectivity index (χ0) is 11.5. The fourth-order valence-electron chi connectivity index (χ4n) is 1.86. The van der Waals surface area contributed by atoms with Gasteiger partial charge >= 0.3 is 0 Å². The molecule has 0 aliphatic heterocycles. The number of rotatable bonds is 3. The molecule has 2 aromatic carbocycles. The van der Waals surface area contributed by atoms with Crippen LogP contribution in [-0.4, -0.2) is 13.0 Å². The molecule has 82 valence electrons. The number of hydrogen-bond acceptors (Lipinski definition) is 2. The molecule has 0 heterocycles. The lowest BCUT2D eigenvalue weighted by Crippen LogP contribution is -2.14. The van der Waals surface area contributed by atoms with Crippen LogP contribution < -0.4 is 10.5 Å². The number of hydrogen-bond donors (Lipinski definition) is 1. The zero-order valence-corrected chi connectivity index (χ0v) is 9.07. The van der Waals surface area contributed by atoms with Gasteiger partial charge in [-0.25, -0.2) is 0 Å². The van der Waals surface area contributed by atoms with Crippen LogP contribution in [0.15, 0.2) is 36.4 Å². The van der Waals surface area contributed by atoms with Gasteiger partial charge in [0.1, 0.15) is 5.75 Å². The van der Waals surface area contributed by atoms with Gasteiger partial charge in [-0.15, -0.1) is 0 Å². The minimum absolute atomic E-state index is 0.202. The first-order valence-electron chi connectivity index (χ1n) is 5.05. The molecular formula is C13H13NO2. The van der Waals surface area contributed by atoms with Crippen molar-refractivity contribution in [1.29, 1.82) is 0 Å². The van der Waals surface area contributed by atoms with Crippen molar-refractivity contribution in [2.45, 2.75) is 6.42 Å². The largest absolute Gasteiger partial charge is 0.496 e. The second-order valence-corrected chi connectivity index (χ2v) is 3.62. The number of carbonyl (C=O) groups excluding carboxylic acids is 1. The maximum atomic E-state index is 10.9. The van der Waals surface area contributed by atoms with E-state index >= 15 is 0 Å². The van der Waals surface area contributed by atoms with Crippen LogP contribution in [0.3, 0.4) is 0 Å². The Labute approximate surface area is 93.8 Å². The van der Waals surface area contributed by atoms with Gasteiger partial charge in [-0.2, -0.15) is 0 Å². The fourth-order valence-corrected chi connectivity index (χ4v) is 1.86. The van der Waals surface area contributed by atoms with E-state index in [4.69, 9.17) is 10.5 Å². The lowest BCUT2D eigenvalue weighted by molar-refractivity contribution is -0.117. The molecule has 16 heavy (non-hydrogen) atoms. The van der Waals surface area contributed by atoms with Crippen LogP contribution >= 0.6 is 0 Å². The molecule has 0 spiro atoms. The normalized spacial score (nSPS) is 10.3. The average Bonchev–Trinajstić information content (AvgIpc) is 2.28.